The average molecular weight is 548 g/mol. The number of nitrogens with zero attached hydrogens (tertiary/aromatic N) is 1. The molecule has 41 heavy (non-hydrogen) atoms. The zero-order valence-electron chi connectivity index (χ0n) is 22.8. The summed E-state index contributed by atoms with van der Waals surface area (Å²) >= 11 is 0. The Kier molecular flexibility index (Phi) is 7.17. The fourth-order valence-corrected chi connectivity index (χ4v) is 5.32. The number of ether oxygens (including phenoxy) is 3. The van der Waals surface area contributed by atoms with Gasteiger partial charge in [0.1, 0.15) is 17.9 Å². The van der Waals surface area contributed by atoms with Crippen molar-refractivity contribution in [1.29, 1.82) is 0 Å². The second kappa shape index (κ2) is 11.2. The first-order valence-electron chi connectivity index (χ1n) is 13.4. The van der Waals surface area contributed by atoms with Gasteiger partial charge in [0.2, 0.25) is 5.76 Å². The van der Waals surface area contributed by atoms with Gasteiger partial charge in [0.25, 0.3) is 5.91 Å². The maximum atomic E-state index is 13.8. The first-order valence-corrected chi connectivity index (χ1v) is 13.4. The van der Waals surface area contributed by atoms with Crippen molar-refractivity contribution < 1.29 is 23.4 Å². The van der Waals surface area contributed by atoms with Crippen LogP contribution in [-0.2, 0) is 13.0 Å². The molecule has 0 N–H and O–H groups in total. The third-order valence-electron chi connectivity index (χ3n) is 7.41. The summed E-state index contributed by atoms with van der Waals surface area (Å²) in [6, 6.07) is 29.6. The number of benzene rings is 4. The van der Waals surface area contributed by atoms with Gasteiger partial charge >= 0.3 is 0 Å². The van der Waals surface area contributed by atoms with Crippen LogP contribution in [0.3, 0.4) is 0 Å². The number of fused-ring (bicyclic) bond motifs is 2. The minimum atomic E-state index is -0.596. The molecule has 0 radical (unpaired) electrons. The summed E-state index contributed by atoms with van der Waals surface area (Å²) in [4.78, 5) is 29.2. The summed E-state index contributed by atoms with van der Waals surface area (Å²) in [5.74, 6) is 1.74. The number of amides is 1. The highest BCUT2D eigenvalue weighted by molar-refractivity contribution is 5.99. The number of methoxy groups -OCH3 is 2. The molecular weight excluding hydrogens is 518 g/mol. The topological polar surface area (TPSA) is 78.2 Å². The van der Waals surface area contributed by atoms with Crippen molar-refractivity contribution in [3.8, 4) is 17.2 Å². The van der Waals surface area contributed by atoms with Crippen molar-refractivity contribution in [2.75, 3.05) is 20.8 Å². The molecule has 7 heteroatoms. The van der Waals surface area contributed by atoms with Gasteiger partial charge in [0, 0.05) is 6.54 Å². The molecule has 6 rings (SSSR count). The van der Waals surface area contributed by atoms with Crippen molar-refractivity contribution >= 4 is 16.9 Å². The van der Waals surface area contributed by atoms with E-state index in [-0.39, 0.29) is 17.1 Å². The molecule has 1 aliphatic rings. The van der Waals surface area contributed by atoms with Crippen LogP contribution in [0.1, 0.15) is 38.9 Å². The minimum absolute atomic E-state index is 0.0930. The summed E-state index contributed by atoms with van der Waals surface area (Å²) in [7, 11) is 3.18. The molecule has 7 nitrogen and oxygen atoms in total. The van der Waals surface area contributed by atoms with Gasteiger partial charge in [0.15, 0.2) is 16.9 Å². The Balaban J connectivity index is 1.34. The first kappa shape index (κ1) is 26.2. The first-order chi connectivity index (χ1) is 20.1. The zero-order chi connectivity index (χ0) is 28.3. The molecular formula is C34H29NO6. The Morgan fingerprint density at radius 3 is 2.27 bits per heavy atom. The van der Waals surface area contributed by atoms with Gasteiger partial charge in [0.05, 0.1) is 31.2 Å². The lowest BCUT2D eigenvalue weighted by Gasteiger charge is -2.25. The van der Waals surface area contributed by atoms with E-state index in [1.165, 1.54) is 0 Å². The van der Waals surface area contributed by atoms with E-state index in [2.05, 4.69) is 0 Å². The Morgan fingerprint density at radius 1 is 0.780 bits per heavy atom. The molecule has 2 heterocycles. The van der Waals surface area contributed by atoms with E-state index in [9.17, 15) is 9.59 Å². The standard InChI is InChI=1S/C34H29NO6/c1-38-28-17-12-22(20-29(28)39-2)18-19-35-31(24-13-15-25(16-14-24)40-21-23-8-4-3-5-9-23)30-32(36)26-10-6-7-11-27(26)41-33(30)34(35)37/h3-17,20,31H,18-19,21H2,1-2H3. The van der Waals surface area contributed by atoms with Crippen molar-refractivity contribution in [2.45, 2.75) is 19.1 Å². The summed E-state index contributed by atoms with van der Waals surface area (Å²) in [6.07, 6.45) is 0.544. The Hall–Kier alpha value is -5.04. The van der Waals surface area contributed by atoms with Gasteiger partial charge in [-0.1, -0.05) is 60.7 Å². The lowest BCUT2D eigenvalue weighted by atomic mass is 9.98. The predicted octanol–water partition coefficient (Wildman–Crippen LogP) is 6.18. The fraction of sp³-hybridized carbons (Fsp3) is 0.176. The van der Waals surface area contributed by atoms with E-state index >= 15 is 0 Å². The number of para-hydroxylation sites is 1. The van der Waals surface area contributed by atoms with Crippen LogP contribution in [0.2, 0.25) is 0 Å². The van der Waals surface area contributed by atoms with E-state index in [4.69, 9.17) is 18.6 Å². The largest absolute Gasteiger partial charge is 0.493 e. The predicted molar refractivity (Wildman–Crippen MR) is 156 cm³/mol. The molecule has 0 saturated carbocycles. The summed E-state index contributed by atoms with van der Waals surface area (Å²) in [5.41, 5.74) is 3.41. The molecule has 0 bridgehead atoms. The van der Waals surface area contributed by atoms with Crippen LogP contribution in [0, 0.1) is 0 Å². The lowest BCUT2D eigenvalue weighted by Crippen LogP contribution is -2.31. The van der Waals surface area contributed by atoms with Crippen LogP contribution in [0.15, 0.2) is 106 Å². The molecule has 1 aliphatic heterocycles. The monoisotopic (exact) mass is 547 g/mol. The molecule has 1 atom stereocenters. The second-order valence-corrected chi connectivity index (χ2v) is 9.85. The van der Waals surface area contributed by atoms with Crippen LogP contribution < -0.4 is 19.6 Å². The Bertz CT molecular complexity index is 1760. The van der Waals surface area contributed by atoms with E-state index in [0.29, 0.717) is 53.4 Å². The number of hydrogen-bond acceptors (Lipinski definition) is 6. The zero-order valence-corrected chi connectivity index (χ0v) is 22.8. The van der Waals surface area contributed by atoms with Gasteiger partial charge in [-0.05, 0) is 59.5 Å². The van der Waals surface area contributed by atoms with E-state index < -0.39 is 6.04 Å². The van der Waals surface area contributed by atoms with Gasteiger partial charge in [-0.3, -0.25) is 9.59 Å². The summed E-state index contributed by atoms with van der Waals surface area (Å²) in [5, 5.41) is 0.452. The molecule has 0 aliphatic carbocycles. The highest BCUT2D eigenvalue weighted by Gasteiger charge is 2.42. The lowest BCUT2D eigenvalue weighted by molar-refractivity contribution is 0.0730. The molecule has 0 saturated heterocycles. The van der Waals surface area contributed by atoms with Gasteiger partial charge in [-0.2, -0.15) is 0 Å². The fourth-order valence-electron chi connectivity index (χ4n) is 5.32. The van der Waals surface area contributed by atoms with Crippen LogP contribution in [0.5, 0.6) is 17.2 Å². The average Bonchev–Trinajstić information content (AvgIpc) is 3.30. The van der Waals surface area contributed by atoms with Crippen molar-refractivity contribution in [2.24, 2.45) is 0 Å². The van der Waals surface area contributed by atoms with Crippen LogP contribution in [0.4, 0.5) is 0 Å². The maximum Gasteiger partial charge on any atom is 0.290 e. The van der Waals surface area contributed by atoms with Crippen LogP contribution in [0.25, 0.3) is 11.0 Å². The number of hydrogen-bond donors (Lipinski definition) is 0. The third kappa shape index (κ3) is 5.02. The van der Waals surface area contributed by atoms with Crippen LogP contribution in [-0.4, -0.2) is 31.6 Å². The van der Waals surface area contributed by atoms with E-state index in [0.717, 1.165) is 16.7 Å². The molecule has 0 fully saturated rings. The molecule has 4 aromatic carbocycles. The van der Waals surface area contributed by atoms with Gasteiger partial charge < -0.3 is 23.5 Å². The highest BCUT2D eigenvalue weighted by atomic mass is 16.5. The van der Waals surface area contributed by atoms with Crippen molar-refractivity contribution in [3.05, 3.63) is 135 Å². The molecule has 1 amide bonds. The molecule has 5 aromatic rings. The maximum absolute atomic E-state index is 13.8. The molecule has 1 unspecified atom stereocenters. The second-order valence-electron chi connectivity index (χ2n) is 9.85. The van der Waals surface area contributed by atoms with Gasteiger partial charge in [-0.15, -0.1) is 0 Å². The molecule has 1 aromatic heterocycles. The van der Waals surface area contributed by atoms with Crippen molar-refractivity contribution in [3.63, 3.8) is 0 Å². The highest BCUT2D eigenvalue weighted by Crippen LogP contribution is 2.39. The molecule has 206 valence electrons. The quantitative estimate of drug-likeness (QED) is 0.219. The molecule has 0 spiro atoms. The smallest absolute Gasteiger partial charge is 0.290 e. The normalized spacial score (nSPS) is 14.2. The number of carbonyl (C=O) groups is 1. The number of rotatable bonds is 9. The van der Waals surface area contributed by atoms with E-state index in [1.807, 2.05) is 72.8 Å². The summed E-state index contributed by atoms with van der Waals surface area (Å²) in [6.45, 7) is 0.809. The Labute approximate surface area is 237 Å². The third-order valence-corrected chi connectivity index (χ3v) is 7.41. The van der Waals surface area contributed by atoms with Crippen molar-refractivity contribution in [1.82, 2.24) is 4.90 Å². The number of carbonyl (C=O) groups excluding carboxylic acids is 1. The SMILES string of the molecule is COc1ccc(CCN2C(=O)c3oc4ccccc4c(=O)c3C2c2ccc(OCc3ccccc3)cc2)cc1OC. The summed E-state index contributed by atoms with van der Waals surface area (Å²) < 4.78 is 22.8. The van der Waals surface area contributed by atoms with Gasteiger partial charge in [-0.25, -0.2) is 0 Å². The van der Waals surface area contributed by atoms with E-state index in [1.54, 1.807) is 43.4 Å². The Morgan fingerprint density at radius 2 is 1.51 bits per heavy atom. The van der Waals surface area contributed by atoms with Crippen LogP contribution >= 0.6 is 0 Å². The minimum Gasteiger partial charge on any atom is -0.493 e.